The summed E-state index contributed by atoms with van der Waals surface area (Å²) in [5.74, 6) is -2.58. The molecule has 0 radical (unpaired) electrons. The van der Waals surface area contributed by atoms with Gasteiger partial charge in [-0.25, -0.2) is 4.79 Å². The number of nitrogens with one attached hydrogen (secondary N) is 3. The molecular formula is C22H44N8O5S. The Hall–Kier alpha value is -2.58. The number of hydrogen-bond acceptors (Lipinski definition) is 8. The Balaban J connectivity index is 5.49. The molecule has 4 unspecified atom stereocenters. The molecule has 208 valence electrons. The number of nitrogens with two attached hydrogens (primary N) is 4. The maximum atomic E-state index is 13.1. The van der Waals surface area contributed by atoms with Crippen molar-refractivity contribution >= 4 is 41.4 Å². The fraction of sp³-hybridized carbons (Fsp3) is 0.773. The smallest absolute Gasteiger partial charge is 0.326 e. The number of thioether (sulfide) groups is 1. The summed E-state index contributed by atoms with van der Waals surface area (Å²) in [6, 6.07) is -3.90. The molecule has 0 rings (SSSR count). The maximum absolute atomic E-state index is 13.1. The topological polar surface area (TPSA) is 241 Å². The molecule has 0 fully saturated rings. The summed E-state index contributed by atoms with van der Waals surface area (Å²) in [5, 5.41) is 17.3. The second-order valence-corrected chi connectivity index (χ2v) is 9.80. The standard InChI is InChI=1S/C22H44N8O5S/c1-13(2)17(30-18(31)14(24)9-12-36-3)20(33)28-15(8-6-11-27-22(25)26)19(32)29-16(21(34)35)7-4-5-10-23/h13-17H,4-12,23-24H2,1-3H3,(H,28,33)(H,29,32)(H,30,31)(H,34,35)(H4,25,26,27). The third-order valence-corrected chi connectivity index (χ3v) is 6.00. The first kappa shape index (κ1) is 33.4. The highest BCUT2D eigenvalue weighted by molar-refractivity contribution is 7.98. The molecule has 0 aliphatic rings. The highest BCUT2D eigenvalue weighted by Gasteiger charge is 2.31. The number of hydrogen-bond donors (Lipinski definition) is 8. The summed E-state index contributed by atoms with van der Waals surface area (Å²) in [6.07, 6.45) is 4.19. The van der Waals surface area contributed by atoms with Gasteiger partial charge >= 0.3 is 5.97 Å². The van der Waals surface area contributed by atoms with E-state index in [0.717, 1.165) is 0 Å². The lowest BCUT2D eigenvalue weighted by Gasteiger charge is -2.27. The van der Waals surface area contributed by atoms with Crippen LogP contribution in [0, 0.1) is 5.92 Å². The van der Waals surface area contributed by atoms with Gasteiger partial charge < -0.3 is 44.0 Å². The lowest BCUT2D eigenvalue weighted by atomic mass is 10.0. The van der Waals surface area contributed by atoms with Crippen LogP contribution in [0.25, 0.3) is 0 Å². The van der Waals surface area contributed by atoms with Crippen molar-refractivity contribution in [1.29, 1.82) is 0 Å². The summed E-state index contributed by atoms with van der Waals surface area (Å²) >= 11 is 1.56. The SMILES string of the molecule is CSCCC(N)C(=O)NC(C(=O)NC(CCCN=C(N)N)C(=O)NC(CCCCN)C(=O)O)C(C)C. The molecule has 3 amide bonds. The minimum atomic E-state index is -1.18. The van der Waals surface area contributed by atoms with Crippen molar-refractivity contribution in [3.05, 3.63) is 0 Å². The number of unbranched alkanes of at least 4 members (excludes halogenated alkanes) is 1. The molecule has 0 spiro atoms. The van der Waals surface area contributed by atoms with Crippen molar-refractivity contribution in [1.82, 2.24) is 16.0 Å². The first-order valence-corrected chi connectivity index (χ1v) is 13.5. The summed E-state index contributed by atoms with van der Waals surface area (Å²) in [6.45, 7) is 4.13. The van der Waals surface area contributed by atoms with E-state index in [-0.39, 0.29) is 31.3 Å². The molecule has 14 heteroatoms. The van der Waals surface area contributed by atoms with E-state index in [1.165, 1.54) is 0 Å². The number of carboxylic acid groups (broad SMARTS) is 1. The minimum Gasteiger partial charge on any atom is -0.480 e. The number of nitrogens with zero attached hydrogens (tertiary/aromatic N) is 1. The number of rotatable bonds is 19. The number of carboxylic acids is 1. The van der Waals surface area contributed by atoms with Gasteiger partial charge in [-0.1, -0.05) is 13.8 Å². The molecule has 0 aromatic rings. The van der Waals surface area contributed by atoms with Gasteiger partial charge in [0.25, 0.3) is 0 Å². The number of carbonyl (C=O) groups excluding carboxylic acids is 3. The summed E-state index contributed by atoms with van der Waals surface area (Å²) in [4.78, 5) is 54.1. The molecule has 0 saturated heterocycles. The predicted octanol–water partition coefficient (Wildman–Crippen LogP) is -1.56. The third-order valence-electron chi connectivity index (χ3n) is 5.36. The van der Waals surface area contributed by atoms with E-state index < -0.39 is 47.9 Å². The van der Waals surface area contributed by atoms with E-state index in [2.05, 4.69) is 20.9 Å². The van der Waals surface area contributed by atoms with Gasteiger partial charge in [0.05, 0.1) is 6.04 Å². The largest absolute Gasteiger partial charge is 0.480 e. The fourth-order valence-electron chi connectivity index (χ4n) is 3.23. The van der Waals surface area contributed by atoms with Crippen molar-refractivity contribution in [2.24, 2.45) is 33.8 Å². The fourth-order valence-corrected chi connectivity index (χ4v) is 3.72. The van der Waals surface area contributed by atoms with E-state index in [4.69, 9.17) is 22.9 Å². The minimum absolute atomic E-state index is 0.105. The van der Waals surface area contributed by atoms with Gasteiger partial charge in [0, 0.05) is 6.54 Å². The van der Waals surface area contributed by atoms with Crippen LogP contribution in [0.4, 0.5) is 0 Å². The number of aliphatic imine (C=N–C) groups is 1. The number of carbonyl (C=O) groups is 4. The van der Waals surface area contributed by atoms with Crippen molar-refractivity contribution in [3.8, 4) is 0 Å². The predicted molar refractivity (Wildman–Crippen MR) is 142 cm³/mol. The maximum Gasteiger partial charge on any atom is 0.326 e. The zero-order valence-corrected chi connectivity index (χ0v) is 22.3. The third kappa shape index (κ3) is 14.1. The quantitative estimate of drug-likeness (QED) is 0.0540. The van der Waals surface area contributed by atoms with Gasteiger partial charge in [-0.2, -0.15) is 11.8 Å². The van der Waals surface area contributed by atoms with Crippen molar-refractivity contribution in [2.45, 2.75) is 76.5 Å². The molecule has 0 bridgehead atoms. The molecule has 0 aliphatic heterocycles. The Kier molecular flexibility index (Phi) is 17.3. The normalized spacial score (nSPS) is 14.3. The van der Waals surface area contributed by atoms with Crippen LogP contribution in [0.1, 0.15) is 52.4 Å². The van der Waals surface area contributed by atoms with Gasteiger partial charge in [-0.3, -0.25) is 19.4 Å². The van der Waals surface area contributed by atoms with Gasteiger partial charge in [0.2, 0.25) is 17.7 Å². The molecule has 0 aromatic carbocycles. The molecule has 0 heterocycles. The molecule has 4 atom stereocenters. The average molecular weight is 533 g/mol. The van der Waals surface area contributed by atoms with Crippen LogP contribution in [-0.4, -0.2) is 84.0 Å². The van der Waals surface area contributed by atoms with Crippen LogP contribution in [0.5, 0.6) is 0 Å². The monoisotopic (exact) mass is 532 g/mol. The molecule has 0 saturated carbocycles. The molecule has 36 heavy (non-hydrogen) atoms. The molecule has 0 aliphatic carbocycles. The zero-order valence-electron chi connectivity index (χ0n) is 21.5. The Bertz CT molecular complexity index is 733. The first-order chi connectivity index (χ1) is 16.9. The number of guanidine groups is 1. The van der Waals surface area contributed by atoms with Crippen LogP contribution in [-0.2, 0) is 19.2 Å². The lowest BCUT2D eigenvalue weighted by Crippen LogP contribution is -2.58. The van der Waals surface area contributed by atoms with Crippen molar-refractivity contribution < 1.29 is 24.3 Å². The van der Waals surface area contributed by atoms with E-state index in [9.17, 15) is 24.3 Å². The number of aliphatic carboxylic acids is 1. The van der Waals surface area contributed by atoms with Crippen LogP contribution >= 0.6 is 11.8 Å². The van der Waals surface area contributed by atoms with Gasteiger partial charge in [0.15, 0.2) is 5.96 Å². The Morgan fingerprint density at radius 3 is 2.03 bits per heavy atom. The van der Waals surface area contributed by atoms with Gasteiger partial charge in [0.1, 0.15) is 18.1 Å². The molecular weight excluding hydrogens is 488 g/mol. The molecule has 0 aromatic heterocycles. The van der Waals surface area contributed by atoms with E-state index in [1.807, 2.05) is 6.26 Å². The Labute approximate surface area is 217 Å². The van der Waals surface area contributed by atoms with E-state index in [1.54, 1.807) is 25.6 Å². The van der Waals surface area contributed by atoms with E-state index in [0.29, 0.717) is 38.0 Å². The van der Waals surface area contributed by atoms with Gasteiger partial charge in [-0.15, -0.1) is 0 Å². The van der Waals surface area contributed by atoms with Crippen LogP contribution < -0.4 is 38.9 Å². The Morgan fingerprint density at radius 1 is 0.889 bits per heavy atom. The summed E-state index contributed by atoms with van der Waals surface area (Å²) < 4.78 is 0. The van der Waals surface area contributed by atoms with E-state index >= 15 is 0 Å². The van der Waals surface area contributed by atoms with Crippen molar-refractivity contribution in [2.75, 3.05) is 25.1 Å². The zero-order chi connectivity index (χ0) is 27.7. The average Bonchev–Trinajstić information content (AvgIpc) is 2.81. The lowest BCUT2D eigenvalue weighted by molar-refractivity contribution is -0.142. The first-order valence-electron chi connectivity index (χ1n) is 12.1. The Morgan fingerprint density at radius 2 is 1.50 bits per heavy atom. The van der Waals surface area contributed by atoms with Crippen LogP contribution in [0.3, 0.4) is 0 Å². The van der Waals surface area contributed by atoms with Crippen molar-refractivity contribution in [3.63, 3.8) is 0 Å². The molecule has 13 nitrogen and oxygen atoms in total. The van der Waals surface area contributed by atoms with Crippen LogP contribution in [0.15, 0.2) is 4.99 Å². The summed E-state index contributed by atoms with van der Waals surface area (Å²) in [7, 11) is 0. The number of amides is 3. The summed E-state index contributed by atoms with van der Waals surface area (Å²) in [5.41, 5.74) is 22.1. The van der Waals surface area contributed by atoms with Gasteiger partial charge in [-0.05, 0) is 63.0 Å². The highest BCUT2D eigenvalue weighted by atomic mass is 32.2. The second-order valence-electron chi connectivity index (χ2n) is 8.81. The van der Waals surface area contributed by atoms with Crippen LogP contribution in [0.2, 0.25) is 0 Å². The molecule has 12 N–H and O–H groups in total. The highest BCUT2D eigenvalue weighted by Crippen LogP contribution is 2.08. The second kappa shape index (κ2) is 18.7.